The monoisotopic (exact) mass is 536 g/mol. The van der Waals surface area contributed by atoms with Gasteiger partial charge in [0.05, 0.1) is 19.6 Å². The van der Waals surface area contributed by atoms with Crippen LogP contribution in [0.25, 0.3) is 0 Å². The van der Waals surface area contributed by atoms with Gasteiger partial charge in [-0.1, -0.05) is 73.8 Å². The second-order valence-corrected chi connectivity index (χ2v) is 10.1. The first kappa shape index (κ1) is 29.2. The maximum absolute atomic E-state index is 12.3. The van der Waals surface area contributed by atoms with Gasteiger partial charge < -0.3 is 14.2 Å². The molecule has 0 bridgehead atoms. The van der Waals surface area contributed by atoms with Crippen LogP contribution in [0.1, 0.15) is 31.9 Å². The number of hydrazine groups is 2. The standard InChI is InChI=1S/C17H22N2O4.C12H14N2O2/c1-13-10-18(19(11-13)16(21)23-17(2,3)4)15(20)22-12-14-8-6-5-7-9-14;1-10-7-13-14(8-10)12(15)16-9-11-5-3-2-4-6-11/h5-9H,1,10-12H2,2-4H3;2-6,13H,1,7-9H2. The summed E-state index contributed by atoms with van der Waals surface area (Å²) in [4.78, 5) is 36.0. The van der Waals surface area contributed by atoms with Crippen molar-refractivity contribution in [3.8, 4) is 0 Å². The summed E-state index contributed by atoms with van der Waals surface area (Å²) in [6.45, 7) is 15.0. The largest absolute Gasteiger partial charge is 0.444 e. The lowest BCUT2D eigenvalue weighted by molar-refractivity contribution is -0.0265. The van der Waals surface area contributed by atoms with Gasteiger partial charge in [0.1, 0.15) is 18.8 Å². The normalized spacial score (nSPS) is 15.0. The van der Waals surface area contributed by atoms with Gasteiger partial charge in [-0.2, -0.15) is 0 Å². The van der Waals surface area contributed by atoms with E-state index in [1.165, 1.54) is 15.0 Å². The molecule has 0 unspecified atom stereocenters. The summed E-state index contributed by atoms with van der Waals surface area (Å²) >= 11 is 0. The van der Waals surface area contributed by atoms with E-state index in [4.69, 9.17) is 14.2 Å². The van der Waals surface area contributed by atoms with Crippen LogP contribution in [-0.2, 0) is 27.4 Å². The molecule has 0 saturated carbocycles. The van der Waals surface area contributed by atoms with Crippen LogP contribution in [0.5, 0.6) is 0 Å². The minimum Gasteiger partial charge on any atom is -0.444 e. The van der Waals surface area contributed by atoms with E-state index < -0.39 is 17.8 Å². The number of carbonyl (C=O) groups excluding carboxylic acids is 3. The number of amides is 3. The van der Waals surface area contributed by atoms with E-state index in [1.807, 2.05) is 60.7 Å². The minimum absolute atomic E-state index is 0.144. The Kier molecular flexibility index (Phi) is 10.1. The van der Waals surface area contributed by atoms with Gasteiger partial charge in [-0.15, -0.1) is 0 Å². The van der Waals surface area contributed by atoms with Crippen LogP contribution in [0.4, 0.5) is 14.4 Å². The Bertz CT molecular complexity index is 1160. The predicted molar refractivity (Wildman–Crippen MR) is 146 cm³/mol. The average Bonchev–Trinajstić information content (AvgIpc) is 3.52. The summed E-state index contributed by atoms with van der Waals surface area (Å²) in [7, 11) is 0. The van der Waals surface area contributed by atoms with Crippen molar-refractivity contribution in [2.24, 2.45) is 0 Å². The molecule has 0 atom stereocenters. The van der Waals surface area contributed by atoms with Gasteiger partial charge in [-0.05, 0) is 43.0 Å². The molecule has 2 aromatic carbocycles. The highest BCUT2D eigenvalue weighted by atomic mass is 16.6. The van der Waals surface area contributed by atoms with Crippen molar-refractivity contribution in [2.45, 2.75) is 39.6 Å². The Morgan fingerprint density at radius 1 is 0.744 bits per heavy atom. The van der Waals surface area contributed by atoms with E-state index in [9.17, 15) is 14.4 Å². The van der Waals surface area contributed by atoms with Crippen molar-refractivity contribution >= 4 is 18.3 Å². The lowest BCUT2D eigenvalue weighted by Crippen LogP contribution is -2.47. The molecule has 2 saturated heterocycles. The Morgan fingerprint density at radius 3 is 1.69 bits per heavy atom. The lowest BCUT2D eigenvalue weighted by Gasteiger charge is -2.29. The topological polar surface area (TPSA) is 101 Å². The predicted octanol–water partition coefficient (Wildman–Crippen LogP) is 5.05. The molecule has 208 valence electrons. The number of rotatable bonds is 4. The molecule has 2 heterocycles. The quantitative estimate of drug-likeness (QED) is 0.431. The van der Waals surface area contributed by atoms with Crippen LogP contribution < -0.4 is 5.43 Å². The number of nitrogens with zero attached hydrogens (tertiary/aromatic N) is 3. The number of carbonyl (C=O) groups is 3. The second-order valence-electron chi connectivity index (χ2n) is 10.1. The summed E-state index contributed by atoms with van der Waals surface area (Å²) in [6.07, 6.45) is -1.55. The van der Waals surface area contributed by atoms with Crippen LogP contribution in [0.15, 0.2) is 85.0 Å². The molecule has 0 radical (unpaired) electrons. The molecule has 0 spiro atoms. The highest BCUT2D eigenvalue weighted by molar-refractivity contribution is 5.76. The van der Waals surface area contributed by atoms with Crippen LogP contribution >= 0.6 is 0 Å². The number of hydrogen-bond acceptors (Lipinski definition) is 7. The average molecular weight is 537 g/mol. The number of nitrogens with one attached hydrogen (secondary N) is 1. The SMILES string of the molecule is C=C1CN(C(=O)OCc2ccccc2)N(C(=O)OC(C)(C)C)C1.C=C1CNN(C(=O)OCc2ccccc2)C1. The van der Waals surface area contributed by atoms with Gasteiger partial charge in [0.25, 0.3) is 0 Å². The zero-order valence-corrected chi connectivity index (χ0v) is 22.7. The molecular formula is C29H36N4O6. The molecule has 2 fully saturated rings. The van der Waals surface area contributed by atoms with Crippen LogP contribution in [0, 0.1) is 0 Å². The van der Waals surface area contributed by atoms with Crippen molar-refractivity contribution in [1.82, 2.24) is 20.5 Å². The van der Waals surface area contributed by atoms with Gasteiger partial charge in [0.15, 0.2) is 0 Å². The Balaban J connectivity index is 0.000000230. The lowest BCUT2D eigenvalue weighted by atomic mass is 10.2. The van der Waals surface area contributed by atoms with Gasteiger partial charge in [-0.25, -0.2) is 34.8 Å². The highest BCUT2D eigenvalue weighted by Crippen LogP contribution is 2.20. The highest BCUT2D eigenvalue weighted by Gasteiger charge is 2.36. The van der Waals surface area contributed by atoms with Crippen LogP contribution in [0.3, 0.4) is 0 Å². The van der Waals surface area contributed by atoms with Gasteiger partial charge in [-0.3, -0.25) is 0 Å². The zero-order chi connectivity index (χ0) is 28.4. The van der Waals surface area contributed by atoms with E-state index >= 15 is 0 Å². The molecular weight excluding hydrogens is 500 g/mol. The fraction of sp³-hybridized carbons (Fsp3) is 0.345. The second kappa shape index (κ2) is 13.5. The van der Waals surface area contributed by atoms with E-state index in [-0.39, 0.29) is 25.8 Å². The van der Waals surface area contributed by atoms with Gasteiger partial charge >= 0.3 is 18.3 Å². The third-order valence-electron chi connectivity index (χ3n) is 5.39. The fourth-order valence-corrected chi connectivity index (χ4v) is 3.55. The first-order chi connectivity index (χ1) is 18.5. The summed E-state index contributed by atoms with van der Waals surface area (Å²) < 4.78 is 15.7. The molecule has 0 aliphatic carbocycles. The smallest absolute Gasteiger partial charge is 0.429 e. The van der Waals surface area contributed by atoms with Crippen LogP contribution in [-0.4, -0.2) is 65.1 Å². The molecule has 2 aliphatic heterocycles. The van der Waals surface area contributed by atoms with E-state index in [0.717, 1.165) is 22.3 Å². The van der Waals surface area contributed by atoms with Gasteiger partial charge in [0.2, 0.25) is 0 Å². The molecule has 39 heavy (non-hydrogen) atoms. The number of benzene rings is 2. The molecule has 3 amide bonds. The molecule has 4 rings (SSSR count). The number of hydrogen-bond donors (Lipinski definition) is 1. The third-order valence-corrected chi connectivity index (χ3v) is 5.39. The Hall–Kier alpha value is -4.31. The fourth-order valence-electron chi connectivity index (χ4n) is 3.55. The molecule has 2 aromatic rings. The van der Waals surface area contributed by atoms with Crippen molar-refractivity contribution < 1.29 is 28.6 Å². The summed E-state index contributed by atoms with van der Waals surface area (Å²) in [5.74, 6) is 0. The minimum atomic E-state index is -0.638. The Morgan fingerprint density at radius 2 is 1.23 bits per heavy atom. The first-order valence-corrected chi connectivity index (χ1v) is 12.6. The van der Waals surface area contributed by atoms with E-state index in [0.29, 0.717) is 19.7 Å². The zero-order valence-electron chi connectivity index (χ0n) is 22.7. The van der Waals surface area contributed by atoms with Crippen LogP contribution in [0.2, 0.25) is 0 Å². The molecule has 2 aliphatic rings. The summed E-state index contributed by atoms with van der Waals surface area (Å²) in [5.41, 5.74) is 5.85. The van der Waals surface area contributed by atoms with Crippen molar-refractivity contribution in [3.63, 3.8) is 0 Å². The maximum atomic E-state index is 12.3. The number of ether oxygens (including phenoxy) is 3. The maximum Gasteiger partial charge on any atom is 0.429 e. The van der Waals surface area contributed by atoms with Crippen molar-refractivity contribution in [1.29, 1.82) is 0 Å². The molecule has 1 N–H and O–H groups in total. The van der Waals surface area contributed by atoms with Crippen molar-refractivity contribution in [2.75, 3.05) is 26.2 Å². The molecule has 10 heteroatoms. The first-order valence-electron chi connectivity index (χ1n) is 12.6. The summed E-state index contributed by atoms with van der Waals surface area (Å²) in [6, 6.07) is 19.0. The van der Waals surface area contributed by atoms with E-state index in [2.05, 4.69) is 18.6 Å². The third kappa shape index (κ3) is 9.50. The van der Waals surface area contributed by atoms with Crippen molar-refractivity contribution in [3.05, 3.63) is 96.1 Å². The Labute approximate surface area is 229 Å². The van der Waals surface area contributed by atoms with Gasteiger partial charge in [0, 0.05) is 6.54 Å². The summed E-state index contributed by atoms with van der Waals surface area (Å²) in [5, 5.41) is 3.88. The molecule has 0 aromatic heterocycles. The molecule has 10 nitrogen and oxygen atoms in total. The van der Waals surface area contributed by atoms with E-state index in [1.54, 1.807) is 20.8 Å².